The Hall–Kier alpha value is -3.10. The Kier molecular flexibility index (Phi) is 8.39. The number of hydrogen-bond acceptors (Lipinski definition) is 10. The van der Waals surface area contributed by atoms with Gasteiger partial charge in [0.05, 0.1) is 36.0 Å². The Bertz CT molecular complexity index is 1330. The fraction of sp³-hybridized carbons (Fsp3) is 0.364. The third kappa shape index (κ3) is 5.45. The standard InChI is InChI=1S/C22H25Cl2N7O5S/c1-11-14(23)15(24)16(26-11)20(32)27-12-5-7-30(9-13(12)29-36-4)22-28-17(18(37-22)21(33)35-3)19-25-6-8-31(19)10-34-2/h6,8-9,12,26,29H,5,7,10H2,1-4H3,(H,27,32). The van der Waals surface area contributed by atoms with Crippen LogP contribution in [0.25, 0.3) is 11.5 Å². The molecule has 1 atom stereocenters. The minimum Gasteiger partial charge on any atom is -0.465 e. The first-order valence-electron chi connectivity index (χ1n) is 11.0. The lowest BCUT2D eigenvalue weighted by Gasteiger charge is -2.31. The van der Waals surface area contributed by atoms with Crippen molar-refractivity contribution < 1.29 is 23.9 Å². The van der Waals surface area contributed by atoms with Crippen LogP contribution in [0.1, 0.15) is 32.3 Å². The molecule has 3 N–H and O–H groups in total. The first-order chi connectivity index (χ1) is 17.8. The van der Waals surface area contributed by atoms with E-state index in [1.165, 1.54) is 25.6 Å². The van der Waals surface area contributed by atoms with Crippen LogP contribution in [0.2, 0.25) is 10.0 Å². The second-order valence-corrected chi connectivity index (χ2v) is 9.69. The summed E-state index contributed by atoms with van der Waals surface area (Å²) >= 11 is 13.5. The fourth-order valence-electron chi connectivity index (χ4n) is 3.80. The van der Waals surface area contributed by atoms with Crippen LogP contribution < -0.4 is 15.7 Å². The minimum absolute atomic E-state index is 0.164. The molecule has 0 aromatic carbocycles. The number of aromatic amines is 1. The number of amides is 1. The summed E-state index contributed by atoms with van der Waals surface area (Å²) in [6.45, 7) is 2.46. The van der Waals surface area contributed by atoms with E-state index >= 15 is 0 Å². The zero-order valence-corrected chi connectivity index (χ0v) is 22.8. The number of esters is 1. The van der Waals surface area contributed by atoms with Gasteiger partial charge in [-0.25, -0.2) is 14.8 Å². The van der Waals surface area contributed by atoms with Gasteiger partial charge < -0.3 is 29.2 Å². The molecule has 198 valence electrons. The van der Waals surface area contributed by atoms with Crippen LogP contribution in [-0.2, 0) is 21.0 Å². The number of ether oxygens (including phenoxy) is 2. The molecule has 12 nitrogen and oxygen atoms in total. The van der Waals surface area contributed by atoms with Crippen molar-refractivity contribution in [3.63, 3.8) is 0 Å². The van der Waals surface area contributed by atoms with Crippen LogP contribution >= 0.6 is 34.5 Å². The molecule has 3 aromatic heterocycles. The molecular formula is C22H25Cl2N7O5S. The number of anilines is 1. The van der Waals surface area contributed by atoms with E-state index in [9.17, 15) is 9.59 Å². The highest BCUT2D eigenvalue weighted by Crippen LogP contribution is 2.35. The lowest BCUT2D eigenvalue weighted by atomic mass is 10.1. The number of H-pyrrole nitrogens is 1. The van der Waals surface area contributed by atoms with Crippen LogP contribution in [-0.4, -0.2) is 65.3 Å². The van der Waals surface area contributed by atoms with E-state index in [1.54, 1.807) is 37.2 Å². The zero-order chi connectivity index (χ0) is 26.7. The quantitative estimate of drug-likeness (QED) is 0.262. The Morgan fingerprint density at radius 1 is 1.27 bits per heavy atom. The summed E-state index contributed by atoms with van der Waals surface area (Å²) in [5.74, 6) is -0.455. The highest BCUT2D eigenvalue weighted by molar-refractivity contribution is 7.18. The van der Waals surface area contributed by atoms with Gasteiger partial charge in [-0.15, -0.1) is 0 Å². The van der Waals surface area contributed by atoms with Gasteiger partial charge in [0.15, 0.2) is 11.0 Å². The lowest BCUT2D eigenvalue weighted by molar-refractivity contribution is 0.0606. The highest BCUT2D eigenvalue weighted by Gasteiger charge is 2.30. The number of carbonyl (C=O) groups is 2. The molecule has 0 bridgehead atoms. The number of hydroxylamine groups is 1. The molecule has 1 aliphatic heterocycles. The van der Waals surface area contributed by atoms with Gasteiger partial charge in [0.1, 0.15) is 23.0 Å². The van der Waals surface area contributed by atoms with Crippen LogP contribution in [0.3, 0.4) is 0 Å². The SMILES string of the molecule is COCn1ccnc1-c1nc(N2C=C(NOC)C(NC(=O)c3[nH]c(C)c(Cl)c3Cl)CC2)sc1C(=O)OC. The number of aryl methyl sites for hydroxylation is 1. The van der Waals surface area contributed by atoms with Gasteiger partial charge in [-0.3, -0.25) is 15.1 Å². The Balaban J connectivity index is 1.63. The third-order valence-electron chi connectivity index (χ3n) is 5.56. The maximum Gasteiger partial charge on any atom is 0.350 e. The average molecular weight is 570 g/mol. The maximum atomic E-state index is 12.9. The van der Waals surface area contributed by atoms with E-state index < -0.39 is 17.9 Å². The summed E-state index contributed by atoms with van der Waals surface area (Å²) in [7, 11) is 4.35. The number of halogens is 2. The van der Waals surface area contributed by atoms with Crippen molar-refractivity contribution in [2.75, 3.05) is 32.8 Å². The van der Waals surface area contributed by atoms with Gasteiger partial charge in [0, 0.05) is 37.9 Å². The van der Waals surface area contributed by atoms with Gasteiger partial charge in [-0.05, 0) is 13.3 Å². The monoisotopic (exact) mass is 569 g/mol. The molecule has 3 aromatic rings. The lowest BCUT2D eigenvalue weighted by Crippen LogP contribution is -2.45. The summed E-state index contributed by atoms with van der Waals surface area (Å²) in [6, 6.07) is -0.415. The van der Waals surface area contributed by atoms with Gasteiger partial charge in [-0.2, -0.15) is 0 Å². The molecule has 37 heavy (non-hydrogen) atoms. The van der Waals surface area contributed by atoms with E-state index in [2.05, 4.69) is 20.8 Å². The Morgan fingerprint density at radius 2 is 2.05 bits per heavy atom. The molecule has 4 heterocycles. The predicted molar refractivity (Wildman–Crippen MR) is 139 cm³/mol. The summed E-state index contributed by atoms with van der Waals surface area (Å²) in [6.07, 6.45) is 5.60. The first kappa shape index (κ1) is 26.9. The van der Waals surface area contributed by atoms with Gasteiger partial charge in [-0.1, -0.05) is 34.5 Å². The van der Waals surface area contributed by atoms with Crippen LogP contribution in [0, 0.1) is 6.92 Å². The molecule has 0 spiro atoms. The van der Waals surface area contributed by atoms with E-state index in [1.807, 2.05) is 4.90 Å². The number of nitrogens with one attached hydrogen (secondary N) is 3. The number of carbonyl (C=O) groups excluding carboxylic acids is 2. The van der Waals surface area contributed by atoms with Gasteiger partial charge in [0.2, 0.25) is 0 Å². The molecule has 1 aliphatic rings. The number of thiazole rings is 1. The number of imidazole rings is 1. The molecule has 0 aliphatic carbocycles. The average Bonchev–Trinajstić information content (AvgIpc) is 3.59. The molecule has 0 fully saturated rings. The number of methoxy groups -OCH3 is 2. The molecule has 0 radical (unpaired) electrons. The Labute approximate surface area is 226 Å². The fourth-order valence-corrected chi connectivity index (χ4v) is 5.20. The molecule has 15 heteroatoms. The molecule has 1 amide bonds. The second-order valence-electron chi connectivity index (χ2n) is 7.96. The van der Waals surface area contributed by atoms with Crippen molar-refractivity contribution in [2.24, 2.45) is 0 Å². The van der Waals surface area contributed by atoms with E-state index in [-0.39, 0.29) is 17.4 Å². The minimum atomic E-state index is -0.524. The molecule has 0 saturated heterocycles. The first-order valence-corrected chi connectivity index (χ1v) is 12.6. The summed E-state index contributed by atoms with van der Waals surface area (Å²) in [5, 5.41) is 3.95. The predicted octanol–water partition coefficient (Wildman–Crippen LogP) is 3.34. The maximum absolute atomic E-state index is 12.9. The molecular weight excluding hydrogens is 545 g/mol. The molecule has 4 rings (SSSR count). The number of aromatic nitrogens is 4. The van der Waals surface area contributed by atoms with E-state index in [0.717, 1.165) is 0 Å². The van der Waals surface area contributed by atoms with Crippen molar-refractivity contribution in [3.05, 3.63) is 50.6 Å². The normalized spacial score (nSPS) is 15.5. The smallest absolute Gasteiger partial charge is 0.350 e. The number of nitrogens with zero attached hydrogens (tertiary/aromatic N) is 4. The third-order valence-corrected chi connectivity index (χ3v) is 7.58. The van der Waals surface area contributed by atoms with Crippen LogP contribution in [0.5, 0.6) is 0 Å². The summed E-state index contributed by atoms with van der Waals surface area (Å²) < 4.78 is 11.9. The van der Waals surface area contributed by atoms with Crippen molar-refractivity contribution in [2.45, 2.75) is 26.1 Å². The zero-order valence-electron chi connectivity index (χ0n) is 20.4. The van der Waals surface area contributed by atoms with Crippen LogP contribution in [0.4, 0.5) is 5.13 Å². The summed E-state index contributed by atoms with van der Waals surface area (Å²) in [5.41, 5.74) is 4.56. The topological polar surface area (TPSA) is 136 Å². The second kappa shape index (κ2) is 11.5. The van der Waals surface area contributed by atoms with Crippen molar-refractivity contribution in [1.29, 1.82) is 0 Å². The summed E-state index contributed by atoms with van der Waals surface area (Å²) in [4.78, 5) is 44.7. The highest BCUT2D eigenvalue weighted by atomic mass is 35.5. The van der Waals surface area contributed by atoms with Crippen molar-refractivity contribution in [3.8, 4) is 11.5 Å². The van der Waals surface area contributed by atoms with Crippen molar-refractivity contribution in [1.82, 2.24) is 30.3 Å². The van der Waals surface area contributed by atoms with Crippen molar-refractivity contribution >= 4 is 51.5 Å². The van der Waals surface area contributed by atoms with E-state index in [0.29, 0.717) is 50.9 Å². The Morgan fingerprint density at radius 3 is 2.70 bits per heavy atom. The molecule has 1 unspecified atom stereocenters. The number of hydrogen-bond donors (Lipinski definition) is 3. The van der Waals surface area contributed by atoms with Crippen LogP contribution in [0.15, 0.2) is 24.3 Å². The largest absolute Gasteiger partial charge is 0.465 e. The number of rotatable bonds is 9. The van der Waals surface area contributed by atoms with Gasteiger partial charge in [0.25, 0.3) is 5.91 Å². The van der Waals surface area contributed by atoms with E-state index in [4.69, 9.17) is 42.5 Å². The molecule has 0 saturated carbocycles. The van der Waals surface area contributed by atoms with Gasteiger partial charge >= 0.3 is 5.97 Å².